The van der Waals surface area contributed by atoms with Crippen LogP contribution in [-0.4, -0.2) is 17.0 Å². The second kappa shape index (κ2) is 6.07. The topological polar surface area (TPSA) is 81.6 Å². The molecule has 0 saturated carbocycles. The summed E-state index contributed by atoms with van der Waals surface area (Å²) in [5.41, 5.74) is 4.04. The molecule has 0 aliphatic rings. The summed E-state index contributed by atoms with van der Waals surface area (Å²) in [5, 5.41) is 14.9. The Hall–Kier alpha value is -2.91. The third-order valence-corrected chi connectivity index (χ3v) is 4.45. The van der Waals surface area contributed by atoms with E-state index in [0.29, 0.717) is 5.69 Å². The molecular formula is C17H14N4OS. The van der Waals surface area contributed by atoms with Gasteiger partial charge in [0.15, 0.2) is 0 Å². The molecule has 0 amide bonds. The van der Waals surface area contributed by atoms with Gasteiger partial charge in [-0.2, -0.15) is 5.26 Å². The van der Waals surface area contributed by atoms with Crippen LogP contribution in [0.3, 0.4) is 0 Å². The predicted octanol–water partition coefficient (Wildman–Crippen LogP) is 3.39. The van der Waals surface area contributed by atoms with Gasteiger partial charge in [0.25, 0.3) is 5.56 Å². The Morgan fingerprint density at radius 2 is 2.04 bits per heavy atom. The number of aryl methyl sites for hydroxylation is 1. The predicted molar refractivity (Wildman–Crippen MR) is 92.6 cm³/mol. The van der Waals surface area contributed by atoms with Gasteiger partial charge in [-0.05, 0) is 37.3 Å². The SMILES string of the molecule is CNc1ccc(-c2nc(-c3cc(C#N)c(=O)[nH]c3C)cs2)cc1. The zero-order chi connectivity index (χ0) is 16.4. The maximum absolute atomic E-state index is 11.6. The Balaban J connectivity index is 2.02. The lowest BCUT2D eigenvalue weighted by Gasteiger charge is -2.03. The molecule has 3 aromatic rings. The summed E-state index contributed by atoms with van der Waals surface area (Å²) in [6.45, 7) is 1.80. The second-order valence-electron chi connectivity index (χ2n) is 5.03. The highest BCUT2D eigenvalue weighted by molar-refractivity contribution is 7.13. The number of nitrogens with one attached hydrogen (secondary N) is 2. The molecule has 0 saturated heterocycles. The minimum Gasteiger partial charge on any atom is -0.388 e. The molecule has 0 unspecified atom stereocenters. The fourth-order valence-corrected chi connectivity index (χ4v) is 3.11. The molecule has 0 aliphatic heterocycles. The van der Waals surface area contributed by atoms with Crippen molar-refractivity contribution in [3.63, 3.8) is 0 Å². The summed E-state index contributed by atoms with van der Waals surface area (Å²) in [4.78, 5) is 19.0. The van der Waals surface area contributed by atoms with Gasteiger partial charge in [-0.3, -0.25) is 4.79 Å². The molecular weight excluding hydrogens is 308 g/mol. The summed E-state index contributed by atoms with van der Waals surface area (Å²) < 4.78 is 0. The molecule has 0 aliphatic carbocycles. The fraction of sp³-hybridized carbons (Fsp3) is 0.118. The lowest BCUT2D eigenvalue weighted by molar-refractivity contribution is 1.13. The Labute approximate surface area is 137 Å². The molecule has 23 heavy (non-hydrogen) atoms. The molecule has 2 aromatic heterocycles. The van der Waals surface area contributed by atoms with Gasteiger partial charge in [-0.1, -0.05) is 0 Å². The van der Waals surface area contributed by atoms with Crippen molar-refractivity contribution >= 4 is 17.0 Å². The van der Waals surface area contributed by atoms with Crippen molar-refractivity contribution in [1.82, 2.24) is 9.97 Å². The van der Waals surface area contributed by atoms with Crippen LogP contribution in [0.2, 0.25) is 0 Å². The normalized spacial score (nSPS) is 10.3. The molecule has 5 nitrogen and oxygen atoms in total. The van der Waals surface area contributed by atoms with E-state index in [-0.39, 0.29) is 11.1 Å². The number of pyridine rings is 1. The molecule has 3 rings (SSSR count). The van der Waals surface area contributed by atoms with Crippen LogP contribution in [0.1, 0.15) is 11.3 Å². The Bertz CT molecular complexity index is 948. The molecule has 2 heterocycles. The van der Waals surface area contributed by atoms with Crippen LogP contribution in [0, 0.1) is 18.3 Å². The zero-order valence-electron chi connectivity index (χ0n) is 12.7. The Kier molecular flexibility index (Phi) is 3.96. The number of hydrogen-bond donors (Lipinski definition) is 2. The number of nitrogens with zero attached hydrogens (tertiary/aromatic N) is 2. The quantitative estimate of drug-likeness (QED) is 0.774. The van der Waals surface area contributed by atoms with E-state index in [1.807, 2.05) is 42.8 Å². The molecule has 2 N–H and O–H groups in total. The minimum absolute atomic E-state index is 0.0959. The number of aromatic amines is 1. The average molecular weight is 322 g/mol. The van der Waals surface area contributed by atoms with Crippen LogP contribution >= 0.6 is 11.3 Å². The van der Waals surface area contributed by atoms with Gasteiger partial charge in [0.2, 0.25) is 0 Å². The molecule has 0 atom stereocenters. The minimum atomic E-state index is -0.369. The van der Waals surface area contributed by atoms with Crippen LogP contribution < -0.4 is 10.9 Å². The summed E-state index contributed by atoms with van der Waals surface area (Å²) in [6, 6.07) is 11.5. The van der Waals surface area contributed by atoms with Gasteiger partial charge < -0.3 is 10.3 Å². The molecule has 1 aromatic carbocycles. The second-order valence-corrected chi connectivity index (χ2v) is 5.89. The van der Waals surface area contributed by atoms with Crippen molar-refractivity contribution < 1.29 is 0 Å². The first-order valence-corrected chi connectivity index (χ1v) is 7.88. The lowest BCUT2D eigenvalue weighted by atomic mass is 10.1. The third kappa shape index (κ3) is 2.87. The number of anilines is 1. The molecule has 6 heteroatoms. The van der Waals surface area contributed by atoms with E-state index in [1.54, 1.807) is 13.0 Å². The van der Waals surface area contributed by atoms with Gasteiger partial charge in [0.1, 0.15) is 16.6 Å². The largest absolute Gasteiger partial charge is 0.388 e. The number of H-pyrrole nitrogens is 1. The average Bonchev–Trinajstić information content (AvgIpc) is 3.05. The molecule has 0 fully saturated rings. The zero-order valence-corrected chi connectivity index (χ0v) is 13.5. The summed E-state index contributed by atoms with van der Waals surface area (Å²) >= 11 is 1.53. The van der Waals surface area contributed by atoms with E-state index in [9.17, 15) is 4.79 Å². The standard InChI is InChI=1S/C17H14N4OS/c1-10-14(7-12(8-18)16(22)20-10)15-9-23-17(21-15)11-3-5-13(19-2)6-4-11/h3-7,9,19H,1-2H3,(H,20,22). The molecule has 0 spiro atoms. The van der Waals surface area contributed by atoms with Gasteiger partial charge in [0, 0.05) is 34.9 Å². The van der Waals surface area contributed by atoms with Gasteiger partial charge in [-0.25, -0.2) is 4.98 Å². The van der Waals surface area contributed by atoms with Crippen molar-refractivity contribution in [2.24, 2.45) is 0 Å². The summed E-state index contributed by atoms with van der Waals surface area (Å²) in [5.74, 6) is 0. The van der Waals surface area contributed by atoms with Crippen LogP contribution in [0.4, 0.5) is 5.69 Å². The summed E-state index contributed by atoms with van der Waals surface area (Å²) in [6.07, 6.45) is 0. The Morgan fingerprint density at radius 1 is 1.30 bits per heavy atom. The number of hydrogen-bond acceptors (Lipinski definition) is 5. The van der Waals surface area contributed by atoms with Gasteiger partial charge >= 0.3 is 0 Å². The van der Waals surface area contributed by atoms with E-state index in [4.69, 9.17) is 5.26 Å². The number of thiazole rings is 1. The maximum Gasteiger partial charge on any atom is 0.266 e. The lowest BCUT2D eigenvalue weighted by Crippen LogP contribution is -2.11. The number of benzene rings is 1. The van der Waals surface area contributed by atoms with Crippen molar-refractivity contribution in [3.05, 3.63) is 57.3 Å². The number of nitriles is 1. The molecule has 0 radical (unpaired) electrons. The Morgan fingerprint density at radius 3 is 2.70 bits per heavy atom. The van der Waals surface area contributed by atoms with Gasteiger partial charge in [0.05, 0.1) is 5.69 Å². The van der Waals surface area contributed by atoms with Crippen molar-refractivity contribution in [2.45, 2.75) is 6.92 Å². The highest BCUT2D eigenvalue weighted by atomic mass is 32.1. The highest BCUT2D eigenvalue weighted by Gasteiger charge is 2.12. The number of aromatic nitrogens is 2. The van der Waals surface area contributed by atoms with E-state index in [0.717, 1.165) is 27.5 Å². The first kappa shape index (κ1) is 15.0. The molecule has 114 valence electrons. The fourth-order valence-electron chi connectivity index (χ4n) is 2.28. The van der Waals surface area contributed by atoms with E-state index < -0.39 is 0 Å². The first-order valence-electron chi connectivity index (χ1n) is 7.00. The monoisotopic (exact) mass is 322 g/mol. The first-order chi connectivity index (χ1) is 11.1. The van der Waals surface area contributed by atoms with E-state index >= 15 is 0 Å². The number of rotatable bonds is 3. The smallest absolute Gasteiger partial charge is 0.266 e. The highest BCUT2D eigenvalue weighted by Crippen LogP contribution is 2.30. The molecule has 0 bridgehead atoms. The van der Waals surface area contributed by atoms with Gasteiger partial charge in [-0.15, -0.1) is 11.3 Å². The van der Waals surface area contributed by atoms with E-state index in [1.165, 1.54) is 11.3 Å². The van der Waals surface area contributed by atoms with Crippen LogP contribution in [0.25, 0.3) is 21.8 Å². The third-order valence-electron chi connectivity index (χ3n) is 3.56. The van der Waals surface area contributed by atoms with Crippen molar-refractivity contribution in [3.8, 4) is 27.9 Å². The van der Waals surface area contributed by atoms with Crippen LogP contribution in [0.5, 0.6) is 0 Å². The van der Waals surface area contributed by atoms with Crippen LogP contribution in [-0.2, 0) is 0 Å². The van der Waals surface area contributed by atoms with E-state index in [2.05, 4.69) is 15.3 Å². The van der Waals surface area contributed by atoms with Crippen molar-refractivity contribution in [1.29, 1.82) is 5.26 Å². The summed E-state index contributed by atoms with van der Waals surface area (Å²) in [7, 11) is 1.88. The van der Waals surface area contributed by atoms with Crippen LogP contribution in [0.15, 0.2) is 40.5 Å². The maximum atomic E-state index is 11.6. The van der Waals surface area contributed by atoms with Crippen molar-refractivity contribution in [2.75, 3.05) is 12.4 Å².